The molecule has 4 nitrogen and oxygen atoms in total. The molecule has 1 aliphatic rings. The molecule has 0 atom stereocenters. The standard InChI is InChI=1S/C14H19N3O/c1-2-11-18-13-5-3-9-16-14(13)17(10-4-8-15)12-6-7-12/h3,5,9,12H,2,4,6-7,10-11H2,1H3. The van der Waals surface area contributed by atoms with Crippen LogP contribution in [0.3, 0.4) is 0 Å². The molecule has 1 aliphatic carbocycles. The van der Waals surface area contributed by atoms with Gasteiger partial charge in [-0.2, -0.15) is 5.26 Å². The van der Waals surface area contributed by atoms with Gasteiger partial charge in [-0.05, 0) is 31.4 Å². The lowest BCUT2D eigenvalue weighted by Crippen LogP contribution is -2.28. The molecule has 2 rings (SSSR count). The van der Waals surface area contributed by atoms with Crippen LogP contribution in [0.15, 0.2) is 18.3 Å². The predicted molar refractivity (Wildman–Crippen MR) is 70.6 cm³/mol. The van der Waals surface area contributed by atoms with E-state index in [9.17, 15) is 0 Å². The summed E-state index contributed by atoms with van der Waals surface area (Å²) in [6.07, 6.45) is 5.68. The summed E-state index contributed by atoms with van der Waals surface area (Å²) in [4.78, 5) is 6.65. The molecule has 0 saturated heterocycles. The molecule has 0 radical (unpaired) electrons. The van der Waals surface area contributed by atoms with Crippen molar-refractivity contribution in [2.24, 2.45) is 0 Å². The van der Waals surface area contributed by atoms with Gasteiger partial charge in [0.2, 0.25) is 0 Å². The third-order valence-corrected chi connectivity index (χ3v) is 2.94. The van der Waals surface area contributed by atoms with E-state index < -0.39 is 0 Å². The smallest absolute Gasteiger partial charge is 0.171 e. The van der Waals surface area contributed by atoms with Crippen molar-refractivity contribution in [3.05, 3.63) is 18.3 Å². The van der Waals surface area contributed by atoms with Gasteiger partial charge in [0.25, 0.3) is 0 Å². The molecule has 1 aromatic heterocycles. The molecule has 0 N–H and O–H groups in total. The molecule has 1 fully saturated rings. The van der Waals surface area contributed by atoms with Gasteiger partial charge in [-0.25, -0.2) is 4.98 Å². The van der Waals surface area contributed by atoms with Crippen LogP contribution in [0.1, 0.15) is 32.6 Å². The number of anilines is 1. The van der Waals surface area contributed by atoms with Crippen molar-refractivity contribution in [1.29, 1.82) is 5.26 Å². The highest BCUT2D eigenvalue weighted by atomic mass is 16.5. The minimum atomic E-state index is 0.528. The van der Waals surface area contributed by atoms with E-state index >= 15 is 0 Å². The normalized spacial score (nSPS) is 14.0. The van der Waals surface area contributed by atoms with Crippen molar-refractivity contribution in [2.45, 2.75) is 38.6 Å². The SMILES string of the molecule is CCCOc1cccnc1N(CCC#N)C1CC1. The first-order valence-corrected chi connectivity index (χ1v) is 6.58. The molecule has 0 bridgehead atoms. The van der Waals surface area contributed by atoms with Crippen LogP contribution in [0.4, 0.5) is 5.82 Å². The third kappa shape index (κ3) is 3.13. The minimum Gasteiger partial charge on any atom is -0.490 e. The Hall–Kier alpha value is -1.76. The number of hydrogen-bond acceptors (Lipinski definition) is 4. The fraction of sp³-hybridized carbons (Fsp3) is 0.571. The summed E-state index contributed by atoms with van der Waals surface area (Å²) in [5, 5.41) is 8.75. The van der Waals surface area contributed by atoms with Gasteiger partial charge in [0.15, 0.2) is 11.6 Å². The Balaban J connectivity index is 2.15. The second-order valence-electron chi connectivity index (χ2n) is 4.51. The van der Waals surface area contributed by atoms with Gasteiger partial charge in [-0.1, -0.05) is 6.92 Å². The maximum Gasteiger partial charge on any atom is 0.171 e. The highest BCUT2D eigenvalue weighted by Crippen LogP contribution is 2.35. The minimum absolute atomic E-state index is 0.528. The Kier molecular flexibility index (Phi) is 4.40. The van der Waals surface area contributed by atoms with E-state index in [1.165, 1.54) is 12.8 Å². The molecule has 0 unspecified atom stereocenters. The van der Waals surface area contributed by atoms with E-state index in [1.807, 2.05) is 12.1 Å². The topological polar surface area (TPSA) is 49.1 Å². The lowest BCUT2D eigenvalue weighted by molar-refractivity contribution is 0.316. The maximum absolute atomic E-state index is 8.75. The lowest BCUT2D eigenvalue weighted by atomic mass is 10.3. The average Bonchev–Trinajstić information content (AvgIpc) is 3.22. The van der Waals surface area contributed by atoms with E-state index in [2.05, 4.69) is 22.9 Å². The number of rotatable bonds is 7. The van der Waals surface area contributed by atoms with Gasteiger partial charge >= 0.3 is 0 Å². The monoisotopic (exact) mass is 245 g/mol. The largest absolute Gasteiger partial charge is 0.490 e. The van der Waals surface area contributed by atoms with Crippen LogP contribution < -0.4 is 9.64 Å². The highest BCUT2D eigenvalue weighted by Gasteiger charge is 2.31. The average molecular weight is 245 g/mol. The third-order valence-electron chi connectivity index (χ3n) is 2.94. The zero-order valence-electron chi connectivity index (χ0n) is 10.8. The summed E-state index contributed by atoms with van der Waals surface area (Å²) in [5.74, 6) is 1.73. The summed E-state index contributed by atoms with van der Waals surface area (Å²) >= 11 is 0. The molecular weight excluding hydrogens is 226 g/mol. The van der Waals surface area contributed by atoms with Crippen LogP contribution in [0.5, 0.6) is 5.75 Å². The van der Waals surface area contributed by atoms with E-state index in [0.29, 0.717) is 19.1 Å². The van der Waals surface area contributed by atoms with E-state index in [1.54, 1.807) is 6.20 Å². The molecule has 96 valence electrons. The second kappa shape index (κ2) is 6.25. The lowest BCUT2D eigenvalue weighted by Gasteiger charge is -2.24. The van der Waals surface area contributed by atoms with Crippen molar-refractivity contribution in [3.63, 3.8) is 0 Å². The fourth-order valence-electron chi connectivity index (χ4n) is 1.94. The molecule has 0 amide bonds. The molecule has 0 aromatic carbocycles. The van der Waals surface area contributed by atoms with Crippen molar-refractivity contribution in [2.75, 3.05) is 18.1 Å². The second-order valence-corrected chi connectivity index (χ2v) is 4.51. The molecule has 0 spiro atoms. The number of ether oxygens (including phenoxy) is 1. The predicted octanol–water partition coefficient (Wildman–Crippen LogP) is 2.75. The molecule has 18 heavy (non-hydrogen) atoms. The Morgan fingerprint density at radius 1 is 1.56 bits per heavy atom. The molecule has 1 aromatic rings. The first-order chi connectivity index (χ1) is 8.86. The number of pyridine rings is 1. The summed E-state index contributed by atoms with van der Waals surface area (Å²) in [6, 6.07) is 6.59. The van der Waals surface area contributed by atoms with Crippen LogP contribution in [0.25, 0.3) is 0 Å². The molecular formula is C14H19N3O. The van der Waals surface area contributed by atoms with Crippen molar-refractivity contribution in [3.8, 4) is 11.8 Å². The summed E-state index contributed by atoms with van der Waals surface area (Å²) in [7, 11) is 0. The Labute approximate surface area is 108 Å². The van der Waals surface area contributed by atoms with Gasteiger partial charge < -0.3 is 9.64 Å². The van der Waals surface area contributed by atoms with Gasteiger partial charge in [0, 0.05) is 18.8 Å². The molecule has 1 saturated carbocycles. The van der Waals surface area contributed by atoms with E-state index in [0.717, 1.165) is 24.5 Å². The zero-order chi connectivity index (χ0) is 12.8. The highest BCUT2D eigenvalue weighted by molar-refractivity contribution is 5.53. The number of nitriles is 1. The van der Waals surface area contributed by atoms with E-state index in [-0.39, 0.29) is 0 Å². The Morgan fingerprint density at radius 3 is 3.06 bits per heavy atom. The first-order valence-electron chi connectivity index (χ1n) is 6.58. The van der Waals surface area contributed by atoms with Crippen LogP contribution in [0, 0.1) is 11.3 Å². The van der Waals surface area contributed by atoms with Crippen molar-refractivity contribution in [1.82, 2.24) is 4.98 Å². The van der Waals surface area contributed by atoms with Crippen molar-refractivity contribution < 1.29 is 4.74 Å². The number of hydrogen-bond donors (Lipinski definition) is 0. The number of nitrogens with zero attached hydrogens (tertiary/aromatic N) is 3. The van der Waals surface area contributed by atoms with Crippen LogP contribution in [0.2, 0.25) is 0 Å². The summed E-state index contributed by atoms with van der Waals surface area (Å²) in [6.45, 7) is 3.53. The molecule has 4 heteroatoms. The van der Waals surface area contributed by atoms with Gasteiger partial charge in [-0.15, -0.1) is 0 Å². The van der Waals surface area contributed by atoms with Crippen LogP contribution in [-0.4, -0.2) is 24.2 Å². The summed E-state index contributed by atoms with van der Waals surface area (Å²) < 4.78 is 5.74. The fourth-order valence-corrected chi connectivity index (χ4v) is 1.94. The van der Waals surface area contributed by atoms with Gasteiger partial charge in [0.1, 0.15) is 0 Å². The molecule has 0 aliphatic heterocycles. The van der Waals surface area contributed by atoms with Crippen LogP contribution >= 0.6 is 0 Å². The van der Waals surface area contributed by atoms with Gasteiger partial charge in [-0.3, -0.25) is 0 Å². The quantitative estimate of drug-likeness (QED) is 0.741. The van der Waals surface area contributed by atoms with Crippen LogP contribution in [-0.2, 0) is 0 Å². The Morgan fingerprint density at radius 2 is 2.39 bits per heavy atom. The maximum atomic E-state index is 8.75. The molecule has 1 heterocycles. The van der Waals surface area contributed by atoms with Gasteiger partial charge in [0.05, 0.1) is 19.1 Å². The first kappa shape index (κ1) is 12.7. The van der Waals surface area contributed by atoms with E-state index in [4.69, 9.17) is 10.00 Å². The Bertz CT molecular complexity index is 423. The summed E-state index contributed by atoms with van der Waals surface area (Å²) in [5.41, 5.74) is 0. The van der Waals surface area contributed by atoms with Crippen molar-refractivity contribution >= 4 is 5.82 Å². The number of aromatic nitrogens is 1. The zero-order valence-corrected chi connectivity index (χ0v) is 10.8.